The number of halogens is 1. The molecule has 1 saturated heterocycles. The van der Waals surface area contributed by atoms with Crippen molar-refractivity contribution in [3.05, 3.63) is 28.2 Å². The second-order valence-corrected chi connectivity index (χ2v) is 7.90. The first-order valence-corrected chi connectivity index (χ1v) is 8.50. The summed E-state index contributed by atoms with van der Waals surface area (Å²) in [4.78, 5) is 0.287. The highest BCUT2D eigenvalue weighted by atomic mass is 79.9. The van der Waals surface area contributed by atoms with Gasteiger partial charge in [0.05, 0.1) is 11.0 Å². The van der Waals surface area contributed by atoms with E-state index in [-0.39, 0.29) is 17.4 Å². The molecule has 1 N–H and O–H groups in total. The van der Waals surface area contributed by atoms with Gasteiger partial charge in [-0.15, -0.1) is 0 Å². The molecule has 1 heterocycles. The summed E-state index contributed by atoms with van der Waals surface area (Å²) in [6.45, 7) is 4.45. The lowest BCUT2D eigenvalue weighted by molar-refractivity contribution is 0.0605. The van der Waals surface area contributed by atoms with Crippen LogP contribution in [0, 0.1) is 12.8 Å². The molecule has 0 bridgehead atoms. The van der Waals surface area contributed by atoms with Gasteiger partial charge in [-0.25, -0.2) is 8.42 Å². The summed E-state index contributed by atoms with van der Waals surface area (Å²) in [7, 11) is -3.51. The smallest absolute Gasteiger partial charge is 0.243 e. The fourth-order valence-electron chi connectivity index (χ4n) is 2.16. The maximum atomic E-state index is 12.5. The van der Waals surface area contributed by atoms with E-state index in [1.807, 2.05) is 13.8 Å². The second kappa shape index (κ2) is 5.52. The molecule has 2 atom stereocenters. The summed E-state index contributed by atoms with van der Waals surface area (Å²) in [5.41, 5.74) is 0.881. The quantitative estimate of drug-likeness (QED) is 0.891. The number of hydrogen-bond acceptors (Lipinski definition) is 3. The maximum absolute atomic E-state index is 12.5. The van der Waals surface area contributed by atoms with Gasteiger partial charge in [0.15, 0.2) is 0 Å². The molecule has 0 aliphatic carbocycles. The van der Waals surface area contributed by atoms with Crippen molar-refractivity contribution < 1.29 is 13.5 Å². The fraction of sp³-hybridized carbons (Fsp3) is 0.538. The van der Waals surface area contributed by atoms with Gasteiger partial charge in [-0.2, -0.15) is 4.31 Å². The van der Waals surface area contributed by atoms with Crippen LogP contribution in [0.25, 0.3) is 0 Å². The molecule has 1 fully saturated rings. The molecule has 0 aromatic heterocycles. The third-order valence-corrected chi connectivity index (χ3v) is 6.40. The molecule has 1 aromatic carbocycles. The number of aliphatic hydroxyl groups excluding tert-OH is 1. The van der Waals surface area contributed by atoms with Gasteiger partial charge in [0.2, 0.25) is 10.0 Å². The Morgan fingerprint density at radius 1 is 1.42 bits per heavy atom. The van der Waals surface area contributed by atoms with Gasteiger partial charge < -0.3 is 5.11 Å². The predicted molar refractivity (Wildman–Crippen MR) is 77.4 cm³/mol. The van der Waals surface area contributed by atoms with Gasteiger partial charge in [0.25, 0.3) is 0 Å². The summed E-state index contributed by atoms with van der Waals surface area (Å²) in [5, 5.41) is 9.84. The Hall–Kier alpha value is -0.430. The van der Waals surface area contributed by atoms with E-state index in [0.29, 0.717) is 13.0 Å². The van der Waals surface area contributed by atoms with E-state index in [4.69, 9.17) is 0 Å². The van der Waals surface area contributed by atoms with Gasteiger partial charge in [-0.3, -0.25) is 0 Å². The van der Waals surface area contributed by atoms with Crippen LogP contribution >= 0.6 is 15.9 Å². The zero-order chi connectivity index (χ0) is 14.2. The van der Waals surface area contributed by atoms with Crippen LogP contribution in [0.4, 0.5) is 0 Å². The summed E-state index contributed by atoms with van der Waals surface area (Å²) in [6, 6.07) is 4.99. The van der Waals surface area contributed by atoms with Gasteiger partial charge in [0, 0.05) is 17.6 Å². The molecule has 2 rings (SSSR count). The Bertz CT molecular complexity index is 573. The number of aliphatic hydroxyl groups is 1. The second-order valence-electron chi connectivity index (χ2n) is 5.11. The molecule has 19 heavy (non-hydrogen) atoms. The maximum Gasteiger partial charge on any atom is 0.243 e. The Kier molecular flexibility index (Phi) is 4.35. The molecule has 1 aliphatic heterocycles. The highest BCUT2D eigenvalue weighted by Crippen LogP contribution is 2.26. The Balaban J connectivity index is 2.29. The number of β-amino-alcohol motifs (C(OH)–C–C–N with tert-alkyl or cyclic N) is 1. The number of hydrogen-bond donors (Lipinski definition) is 1. The average Bonchev–Trinajstić information content (AvgIpc) is 2.35. The van der Waals surface area contributed by atoms with Crippen molar-refractivity contribution in [3.63, 3.8) is 0 Å². The van der Waals surface area contributed by atoms with Crippen molar-refractivity contribution in [2.75, 3.05) is 13.1 Å². The zero-order valence-electron chi connectivity index (χ0n) is 11.0. The molecule has 2 unspecified atom stereocenters. The van der Waals surface area contributed by atoms with Crippen LogP contribution in [-0.4, -0.2) is 37.0 Å². The van der Waals surface area contributed by atoms with E-state index in [2.05, 4.69) is 15.9 Å². The Morgan fingerprint density at radius 3 is 2.68 bits per heavy atom. The third kappa shape index (κ3) is 3.02. The molecule has 0 radical (unpaired) electrons. The van der Waals surface area contributed by atoms with Gasteiger partial charge in [-0.1, -0.05) is 22.9 Å². The average molecular weight is 348 g/mol. The first kappa shape index (κ1) is 15.0. The van der Waals surface area contributed by atoms with Crippen LogP contribution in [0.2, 0.25) is 0 Å². The van der Waals surface area contributed by atoms with E-state index in [1.54, 1.807) is 18.2 Å². The van der Waals surface area contributed by atoms with Gasteiger partial charge in [0.1, 0.15) is 0 Å². The lowest BCUT2D eigenvalue weighted by Crippen LogP contribution is -2.45. The summed E-state index contributed by atoms with van der Waals surface area (Å²) < 4.78 is 27.3. The number of rotatable bonds is 2. The molecule has 106 valence electrons. The molecule has 1 aromatic rings. The number of sulfonamides is 1. The van der Waals surface area contributed by atoms with Crippen LogP contribution in [0.1, 0.15) is 18.9 Å². The Labute approximate surface area is 122 Å². The SMILES string of the molecule is Cc1cc(S(=O)(=O)N2CCC(C)C(O)C2)ccc1Br. The lowest BCUT2D eigenvalue weighted by atomic mass is 9.98. The normalized spacial score (nSPS) is 25.5. The van der Waals surface area contributed by atoms with Gasteiger partial charge in [-0.05, 0) is 43.0 Å². The Morgan fingerprint density at radius 2 is 2.11 bits per heavy atom. The topological polar surface area (TPSA) is 57.6 Å². The molecule has 1 aliphatic rings. The monoisotopic (exact) mass is 347 g/mol. The number of piperidine rings is 1. The van der Waals surface area contributed by atoms with Crippen LogP contribution in [0.5, 0.6) is 0 Å². The predicted octanol–water partition coefficient (Wildman–Crippen LogP) is 2.15. The van der Waals surface area contributed by atoms with Crippen LogP contribution in [0.3, 0.4) is 0 Å². The molecule has 0 saturated carbocycles. The van der Waals surface area contributed by atoms with Crippen molar-refractivity contribution in [2.24, 2.45) is 5.92 Å². The summed E-state index contributed by atoms with van der Waals surface area (Å²) >= 11 is 3.36. The molecule has 0 spiro atoms. The van der Waals surface area contributed by atoms with Crippen molar-refractivity contribution in [2.45, 2.75) is 31.3 Å². The van der Waals surface area contributed by atoms with Crippen molar-refractivity contribution in [3.8, 4) is 0 Å². The van der Waals surface area contributed by atoms with Crippen LogP contribution in [-0.2, 0) is 10.0 Å². The summed E-state index contributed by atoms with van der Waals surface area (Å²) in [5.74, 6) is 0.151. The minimum atomic E-state index is -3.51. The fourth-order valence-corrected chi connectivity index (χ4v) is 3.97. The molecule has 6 heteroatoms. The number of aryl methyl sites for hydroxylation is 1. The minimum Gasteiger partial charge on any atom is -0.391 e. The van der Waals surface area contributed by atoms with E-state index in [9.17, 15) is 13.5 Å². The van der Waals surface area contributed by atoms with Crippen molar-refractivity contribution in [1.82, 2.24) is 4.31 Å². The lowest BCUT2D eigenvalue weighted by Gasteiger charge is -2.33. The number of nitrogens with zero attached hydrogens (tertiary/aromatic N) is 1. The highest BCUT2D eigenvalue weighted by Gasteiger charge is 2.32. The molecular formula is C13H18BrNO3S. The third-order valence-electron chi connectivity index (χ3n) is 3.65. The van der Waals surface area contributed by atoms with Crippen molar-refractivity contribution >= 4 is 26.0 Å². The standard InChI is InChI=1S/C13H18BrNO3S/c1-9-5-6-15(8-13(9)16)19(17,18)11-3-4-12(14)10(2)7-11/h3-4,7,9,13,16H,5-6,8H2,1-2H3. The molecule has 0 amide bonds. The highest BCUT2D eigenvalue weighted by molar-refractivity contribution is 9.10. The molecule has 4 nitrogen and oxygen atoms in total. The van der Waals surface area contributed by atoms with E-state index < -0.39 is 16.1 Å². The van der Waals surface area contributed by atoms with E-state index >= 15 is 0 Å². The van der Waals surface area contributed by atoms with Crippen LogP contribution < -0.4 is 0 Å². The first-order valence-electron chi connectivity index (χ1n) is 6.26. The number of benzene rings is 1. The van der Waals surface area contributed by atoms with Crippen molar-refractivity contribution in [1.29, 1.82) is 0 Å². The largest absolute Gasteiger partial charge is 0.391 e. The minimum absolute atomic E-state index is 0.151. The van der Waals surface area contributed by atoms with E-state index in [1.165, 1.54) is 4.31 Å². The zero-order valence-corrected chi connectivity index (χ0v) is 13.4. The van der Waals surface area contributed by atoms with Crippen LogP contribution in [0.15, 0.2) is 27.6 Å². The van der Waals surface area contributed by atoms with E-state index in [0.717, 1.165) is 10.0 Å². The first-order chi connectivity index (χ1) is 8.82. The van der Waals surface area contributed by atoms with Gasteiger partial charge >= 0.3 is 0 Å². The molecular weight excluding hydrogens is 330 g/mol. The summed E-state index contributed by atoms with van der Waals surface area (Å²) in [6.07, 6.45) is 0.107.